The molecule has 0 saturated heterocycles. The van der Waals surface area contributed by atoms with Gasteiger partial charge in [-0.3, -0.25) is 9.48 Å². The van der Waals surface area contributed by atoms with Gasteiger partial charge in [-0.1, -0.05) is 0 Å². The molecule has 124 valence electrons. The molecule has 0 aliphatic carbocycles. The van der Waals surface area contributed by atoms with Gasteiger partial charge in [0.05, 0.1) is 6.20 Å². The fourth-order valence-electron chi connectivity index (χ4n) is 2.88. The van der Waals surface area contributed by atoms with Crippen LogP contribution in [-0.4, -0.2) is 41.5 Å². The van der Waals surface area contributed by atoms with Gasteiger partial charge in [0.25, 0.3) is 5.91 Å². The summed E-state index contributed by atoms with van der Waals surface area (Å²) in [6.07, 6.45) is 5.32. The normalized spacial score (nSPS) is 16.8. The molecular formula is C15H17N7OS. The smallest absolute Gasteiger partial charge is 0.271 e. The zero-order valence-corrected chi connectivity index (χ0v) is 14.2. The number of thiazole rings is 1. The topological polar surface area (TPSA) is 90.5 Å². The molecule has 24 heavy (non-hydrogen) atoms. The van der Waals surface area contributed by atoms with Crippen LogP contribution in [0.5, 0.6) is 0 Å². The molecule has 8 nitrogen and oxygen atoms in total. The highest BCUT2D eigenvalue weighted by atomic mass is 32.1. The van der Waals surface area contributed by atoms with Crippen molar-refractivity contribution in [2.75, 3.05) is 0 Å². The molecule has 3 aromatic heterocycles. The van der Waals surface area contributed by atoms with Crippen molar-refractivity contribution in [3.05, 3.63) is 35.1 Å². The molecule has 1 unspecified atom stereocenters. The predicted octanol–water partition coefficient (Wildman–Crippen LogP) is 1.19. The van der Waals surface area contributed by atoms with E-state index in [0.29, 0.717) is 12.2 Å². The molecular weight excluding hydrogens is 326 g/mol. The number of hydrogen-bond acceptors (Lipinski definition) is 6. The largest absolute Gasteiger partial charge is 0.346 e. The van der Waals surface area contributed by atoms with E-state index in [-0.39, 0.29) is 11.9 Å². The van der Waals surface area contributed by atoms with Crippen molar-refractivity contribution < 1.29 is 4.79 Å². The van der Waals surface area contributed by atoms with E-state index in [4.69, 9.17) is 0 Å². The molecule has 1 aliphatic rings. The SMILES string of the molecule is Cc1nnc2n1CC(NC(=O)c1csc(-c3cnn(C)c3)n1)CC2. The summed E-state index contributed by atoms with van der Waals surface area (Å²) in [7, 11) is 1.86. The fraction of sp³-hybridized carbons (Fsp3) is 0.400. The Hall–Kier alpha value is -2.55. The Labute approximate surface area is 142 Å². The Balaban J connectivity index is 1.45. The van der Waals surface area contributed by atoms with Crippen LogP contribution in [0.2, 0.25) is 0 Å². The highest BCUT2D eigenvalue weighted by Gasteiger charge is 2.24. The maximum Gasteiger partial charge on any atom is 0.271 e. The lowest BCUT2D eigenvalue weighted by Crippen LogP contribution is -2.41. The molecule has 0 aromatic carbocycles. The van der Waals surface area contributed by atoms with Crippen LogP contribution < -0.4 is 5.32 Å². The fourth-order valence-corrected chi connectivity index (χ4v) is 3.66. The standard InChI is InChI=1S/C15H17N7OS/c1-9-19-20-13-4-3-11(7-22(9)13)17-14(23)12-8-24-15(18-12)10-5-16-21(2)6-10/h5-6,8,11H,3-4,7H2,1-2H3,(H,17,23). The number of aromatic nitrogens is 6. The number of hydrogen-bond donors (Lipinski definition) is 1. The number of amides is 1. The number of nitrogens with zero attached hydrogens (tertiary/aromatic N) is 6. The minimum absolute atomic E-state index is 0.0724. The molecule has 3 aromatic rings. The average Bonchev–Trinajstić information content (AvgIpc) is 3.28. The van der Waals surface area contributed by atoms with Crippen LogP contribution in [0, 0.1) is 6.92 Å². The lowest BCUT2D eigenvalue weighted by molar-refractivity contribution is 0.0923. The number of fused-ring (bicyclic) bond motifs is 1. The van der Waals surface area contributed by atoms with Crippen LogP contribution in [0.3, 0.4) is 0 Å². The van der Waals surface area contributed by atoms with E-state index in [1.54, 1.807) is 16.3 Å². The van der Waals surface area contributed by atoms with E-state index in [1.807, 2.05) is 20.2 Å². The van der Waals surface area contributed by atoms with E-state index in [0.717, 1.165) is 35.1 Å². The number of carbonyl (C=O) groups is 1. The lowest BCUT2D eigenvalue weighted by atomic mass is 10.1. The summed E-state index contributed by atoms with van der Waals surface area (Å²) in [5, 5.41) is 18.0. The molecule has 1 amide bonds. The zero-order valence-electron chi connectivity index (χ0n) is 13.4. The Morgan fingerprint density at radius 2 is 2.29 bits per heavy atom. The minimum Gasteiger partial charge on any atom is -0.346 e. The van der Waals surface area contributed by atoms with Crippen LogP contribution in [-0.2, 0) is 20.0 Å². The van der Waals surface area contributed by atoms with Gasteiger partial charge in [0.1, 0.15) is 22.4 Å². The average molecular weight is 343 g/mol. The molecule has 4 rings (SSSR count). The van der Waals surface area contributed by atoms with Crippen LogP contribution in [0.15, 0.2) is 17.8 Å². The van der Waals surface area contributed by atoms with Crippen molar-refractivity contribution in [3.63, 3.8) is 0 Å². The summed E-state index contributed by atoms with van der Waals surface area (Å²) in [6.45, 7) is 2.64. The number of rotatable bonds is 3. The second-order valence-corrected chi connectivity index (χ2v) is 6.78. The Morgan fingerprint density at radius 1 is 1.42 bits per heavy atom. The second-order valence-electron chi connectivity index (χ2n) is 5.92. The predicted molar refractivity (Wildman–Crippen MR) is 88.7 cm³/mol. The zero-order chi connectivity index (χ0) is 16.7. The van der Waals surface area contributed by atoms with Crippen molar-refractivity contribution in [2.45, 2.75) is 32.4 Å². The third-order valence-corrected chi connectivity index (χ3v) is 5.05. The maximum atomic E-state index is 12.5. The first-order chi connectivity index (χ1) is 11.6. The van der Waals surface area contributed by atoms with Crippen molar-refractivity contribution in [1.29, 1.82) is 0 Å². The van der Waals surface area contributed by atoms with Gasteiger partial charge in [-0.2, -0.15) is 5.10 Å². The lowest BCUT2D eigenvalue weighted by Gasteiger charge is -2.24. The molecule has 4 heterocycles. The molecule has 0 radical (unpaired) electrons. The summed E-state index contributed by atoms with van der Waals surface area (Å²) in [5.41, 5.74) is 1.37. The quantitative estimate of drug-likeness (QED) is 0.771. The van der Waals surface area contributed by atoms with Gasteiger partial charge in [0, 0.05) is 43.2 Å². The van der Waals surface area contributed by atoms with E-state index in [2.05, 4.69) is 30.2 Å². The first-order valence-electron chi connectivity index (χ1n) is 7.74. The summed E-state index contributed by atoms with van der Waals surface area (Å²) in [4.78, 5) is 16.9. The molecule has 0 fully saturated rings. The number of nitrogens with one attached hydrogen (secondary N) is 1. The van der Waals surface area contributed by atoms with Gasteiger partial charge >= 0.3 is 0 Å². The minimum atomic E-state index is -0.138. The van der Waals surface area contributed by atoms with Gasteiger partial charge in [0.15, 0.2) is 0 Å². The van der Waals surface area contributed by atoms with Crippen molar-refractivity contribution in [1.82, 2.24) is 34.8 Å². The number of carbonyl (C=O) groups excluding carboxylic acids is 1. The van der Waals surface area contributed by atoms with Gasteiger partial charge < -0.3 is 9.88 Å². The summed E-state index contributed by atoms with van der Waals surface area (Å²) in [5.74, 6) is 1.74. The van der Waals surface area contributed by atoms with E-state index in [1.165, 1.54) is 11.3 Å². The third kappa shape index (κ3) is 2.71. The van der Waals surface area contributed by atoms with Gasteiger partial charge in [-0.05, 0) is 13.3 Å². The summed E-state index contributed by atoms with van der Waals surface area (Å²) in [6, 6.07) is 0.0724. The molecule has 0 bridgehead atoms. The monoisotopic (exact) mass is 343 g/mol. The highest BCUT2D eigenvalue weighted by Crippen LogP contribution is 2.23. The molecule has 9 heteroatoms. The van der Waals surface area contributed by atoms with Crippen molar-refractivity contribution in [2.24, 2.45) is 7.05 Å². The van der Waals surface area contributed by atoms with Crippen LogP contribution >= 0.6 is 11.3 Å². The second kappa shape index (κ2) is 5.82. The first kappa shape index (κ1) is 15.0. The third-order valence-electron chi connectivity index (χ3n) is 4.16. The number of aryl methyl sites for hydroxylation is 3. The molecule has 1 aliphatic heterocycles. The Kier molecular flexibility index (Phi) is 3.64. The summed E-state index contributed by atoms with van der Waals surface area (Å²) < 4.78 is 3.79. The molecule has 0 spiro atoms. The molecule has 0 saturated carbocycles. The highest BCUT2D eigenvalue weighted by molar-refractivity contribution is 7.13. The van der Waals surface area contributed by atoms with Crippen molar-refractivity contribution >= 4 is 17.2 Å². The van der Waals surface area contributed by atoms with Crippen LogP contribution in [0.1, 0.15) is 28.6 Å². The molecule has 1 atom stereocenters. The molecule has 1 N–H and O–H groups in total. The van der Waals surface area contributed by atoms with Gasteiger partial charge in [-0.25, -0.2) is 4.98 Å². The Morgan fingerprint density at radius 3 is 3.08 bits per heavy atom. The van der Waals surface area contributed by atoms with Crippen molar-refractivity contribution in [3.8, 4) is 10.6 Å². The van der Waals surface area contributed by atoms with Gasteiger partial charge in [-0.15, -0.1) is 21.5 Å². The van der Waals surface area contributed by atoms with E-state index in [9.17, 15) is 4.79 Å². The van der Waals surface area contributed by atoms with Crippen LogP contribution in [0.25, 0.3) is 10.6 Å². The summed E-state index contributed by atoms with van der Waals surface area (Å²) >= 11 is 1.45. The van der Waals surface area contributed by atoms with E-state index < -0.39 is 0 Å². The first-order valence-corrected chi connectivity index (χ1v) is 8.62. The van der Waals surface area contributed by atoms with E-state index >= 15 is 0 Å². The van der Waals surface area contributed by atoms with Crippen LogP contribution in [0.4, 0.5) is 0 Å². The Bertz CT molecular complexity index is 893. The van der Waals surface area contributed by atoms with Gasteiger partial charge in [0.2, 0.25) is 0 Å². The maximum absolute atomic E-state index is 12.5.